The van der Waals surface area contributed by atoms with Crippen LogP contribution in [0.2, 0.25) is 0 Å². The largest absolute Gasteiger partial charge is 0.0838 e. The van der Waals surface area contributed by atoms with Crippen molar-refractivity contribution in [3.63, 3.8) is 0 Å². The molecular formula is C13H18. The second kappa shape index (κ2) is 3.53. The zero-order valence-corrected chi connectivity index (χ0v) is 8.59. The lowest BCUT2D eigenvalue weighted by Gasteiger charge is -2.29. The minimum absolute atomic E-state index is 0.655. The second-order valence-electron chi connectivity index (χ2n) is 4.32. The van der Waals surface area contributed by atoms with Gasteiger partial charge in [-0.05, 0) is 25.2 Å². The van der Waals surface area contributed by atoms with Crippen molar-refractivity contribution < 1.29 is 0 Å². The quantitative estimate of drug-likeness (QED) is 0.529. The molecule has 0 aromatic rings. The van der Waals surface area contributed by atoms with Gasteiger partial charge in [-0.2, -0.15) is 0 Å². The molecule has 0 N–H and O–H groups in total. The van der Waals surface area contributed by atoms with Gasteiger partial charge in [-0.1, -0.05) is 49.3 Å². The Morgan fingerprint density at radius 3 is 2.92 bits per heavy atom. The van der Waals surface area contributed by atoms with Gasteiger partial charge < -0.3 is 0 Å². The van der Waals surface area contributed by atoms with Crippen LogP contribution < -0.4 is 0 Å². The predicted octanol–water partition coefficient (Wildman–Crippen LogP) is 3.87. The monoisotopic (exact) mass is 174 g/mol. The molecule has 0 bridgehead atoms. The summed E-state index contributed by atoms with van der Waals surface area (Å²) < 4.78 is 0. The Hall–Kier alpha value is -0.780. The Morgan fingerprint density at radius 2 is 2.15 bits per heavy atom. The molecule has 0 heteroatoms. The van der Waals surface area contributed by atoms with Gasteiger partial charge in [0.15, 0.2) is 0 Å². The van der Waals surface area contributed by atoms with Crippen LogP contribution in [0.25, 0.3) is 0 Å². The fourth-order valence-corrected chi connectivity index (χ4v) is 2.39. The Labute approximate surface area is 81.0 Å². The van der Waals surface area contributed by atoms with Crippen LogP contribution in [-0.4, -0.2) is 0 Å². The predicted molar refractivity (Wildman–Crippen MR) is 57.5 cm³/mol. The highest BCUT2D eigenvalue weighted by atomic mass is 14.3. The first-order chi connectivity index (χ1) is 6.29. The molecule has 0 aromatic carbocycles. The number of rotatable bonds is 1. The summed E-state index contributed by atoms with van der Waals surface area (Å²) in [6.07, 6.45) is 13.2. The number of hydrogen-bond donors (Lipinski definition) is 0. The summed E-state index contributed by atoms with van der Waals surface area (Å²) in [6, 6.07) is 0. The van der Waals surface area contributed by atoms with Gasteiger partial charge in [0, 0.05) is 5.92 Å². The molecule has 0 saturated heterocycles. The van der Waals surface area contributed by atoms with E-state index >= 15 is 0 Å². The number of fused-ring (bicyclic) bond motifs is 1. The number of allylic oxidation sites excluding steroid dienone is 6. The normalized spacial score (nSPS) is 26.8. The van der Waals surface area contributed by atoms with Crippen molar-refractivity contribution in [3.05, 3.63) is 35.5 Å². The van der Waals surface area contributed by atoms with Gasteiger partial charge in [0.2, 0.25) is 0 Å². The summed E-state index contributed by atoms with van der Waals surface area (Å²) in [6.45, 7) is 4.61. The molecule has 0 heterocycles. The Kier molecular flexibility index (Phi) is 2.39. The van der Waals surface area contributed by atoms with Crippen LogP contribution in [-0.2, 0) is 0 Å². The highest BCUT2D eigenvalue weighted by Crippen LogP contribution is 2.37. The van der Waals surface area contributed by atoms with Crippen molar-refractivity contribution in [2.45, 2.75) is 33.1 Å². The highest BCUT2D eigenvalue weighted by molar-refractivity contribution is 5.34. The van der Waals surface area contributed by atoms with Gasteiger partial charge in [-0.15, -0.1) is 0 Å². The zero-order chi connectivity index (χ0) is 9.26. The van der Waals surface area contributed by atoms with E-state index < -0.39 is 0 Å². The molecule has 0 aliphatic heterocycles. The summed E-state index contributed by atoms with van der Waals surface area (Å²) >= 11 is 0. The molecule has 0 radical (unpaired) electrons. The summed E-state index contributed by atoms with van der Waals surface area (Å²) in [4.78, 5) is 0. The van der Waals surface area contributed by atoms with Crippen molar-refractivity contribution in [1.29, 1.82) is 0 Å². The molecule has 0 amide bonds. The molecule has 0 fully saturated rings. The van der Waals surface area contributed by atoms with Crippen LogP contribution in [0.3, 0.4) is 0 Å². The molecular weight excluding hydrogens is 156 g/mol. The number of hydrogen-bond acceptors (Lipinski definition) is 0. The summed E-state index contributed by atoms with van der Waals surface area (Å²) in [7, 11) is 0. The van der Waals surface area contributed by atoms with Crippen LogP contribution in [0.4, 0.5) is 0 Å². The van der Waals surface area contributed by atoms with E-state index in [-0.39, 0.29) is 0 Å². The molecule has 1 atom stereocenters. The summed E-state index contributed by atoms with van der Waals surface area (Å²) in [5.74, 6) is 1.36. The standard InChI is InChI=1S/C13H18/c1-10(2)12-9-5-7-11-6-3-4-8-13(11)12/h4,6,8-10,13H,3,5,7H2,1-2H3. The molecule has 0 nitrogen and oxygen atoms in total. The van der Waals surface area contributed by atoms with Gasteiger partial charge in [-0.25, -0.2) is 0 Å². The molecule has 1 unspecified atom stereocenters. The van der Waals surface area contributed by atoms with Gasteiger partial charge >= 0.3 is 0 Å². The fraction of sp³-hybridized carbons (Fsp3) is 0.538. The molecule has 70 valence electrons. The summed E-state index contributed by atoms with van der Waals surface area (Å²) in [5.41, 5.74) is 3.29. The smallest absolute Gasteiger partial charge is 0.0190 e. The lowest BCUT2D eigenvalue weighted by molar-refractivity contribution is 0.624. The van der Waals surface area contributed by atoms with Crippen LogP contribution in [0.1, 0.15) is 33.1 Å². The Bertz CT molecular complexity index is 276. The minimum Gasteiger partial charge on any atom is -0.0838 e. The maximum atomic E-state index is 2.45. The van der Waals surface area contributed by atoms with Gasteiger partial charge in [0.1, 0.15) is 0 Å². The van der Waals surface area contributed by atoms with Crippen molar-refractivity contribution >= 4 is 0 Å². The van der Waals surface area contributed by atoms with E-state index in [0.29, 0.717) is 11.8 Å². The Balaban J connectivity index is 2.28. The maximum absolute atomic E-state index is 2.45. The first kappa shape index (κ1) is 8.80. The van der Waals surface area contributed by atoms with Crippen molar-refractivity contribution in [2.24, 2.45) is 11.8 Å². The molecule has 2 rings (SSSR count). The Morgan fingerprint density at radius 1 is 1.31 bits per heavy atom. The second-order valence-corrected chi connectivity index (χ2v) is 4.32. The third-order valence-electron chi connectivity index (χ3n) is 3.08. The van der Waals surface area contributed by atoms with Crippen molar-refractivity contribution in [3.8, 4) is 0 Å². The topological polar surface area (TPSA) is 0 Å². The molecule has 0 saturated carbocycles. The molecule has 2 aliphatic rings. The van der Waals surface area contributed by atoms with E-state index in [1.54, 1.807) is 11.1 Å². The van der Waals surface area contributed by atoms with Crippen LogP contribution in [0, 0.1) is 11.8 Å². The minimum atomic E-state index is 0.655. The highest BCUT2D eigenvalue weighted by Gasteiger charge is 2.22. The van der Waals surface area contributed by atoms with Crippen LogP contribution in [0.15, 0.2) is 35.5 Å². The first-order valence-corrected chi connectivity index (χ1v) is 5.34. The van der Waals surface area contributed by atoms with Gasteiger partial charge in [0.25, 0.3) is 0 Å². The van der Waals surface area contributed by atoms with Gasteiger partial charge in [-0.3, -0.25) is 0 Å². The van der Waals surface area contributed by atoms with E-state index in [1.165, 1.54) is 12.8 Å². The van der Waals surface area contributed by atoms with E-state index in [9.17, 15) is 0 Å². The molecule has 2 aliphatic carbocycles. The third-order valence-corrected chi connectivity index (χ3v) is 3.08. The lowest BCUT2D eigenvalue weighted by Crippen LogP contribution is -2.15. The maximum Gasteiger partial charge on any atom is 0.0190 e. The van der Waals surface area contributed by atoms with E-state index in [1.807, 2.05) is 0 Å². The van der Waals surface area contributed by atoms with Crippen LogP contribution >= 0.6 is 0 Å². The molecule has 0 spiro atoms. The average molecular weight is 174 g/mol. The summed E-state index contributed by atoms with van der Waals surface area (Å²) in [5, 5.41) is 0. The SMILES string of the molecule is CC(C)C1=CCCC2=CCC=CC21. The third kappa shape index (κ3) is 1.63. The van der Waals surface area contributed by atoms with E-state index in [0.717, 1.165) is 6.42 Å². The van der Waals surface area contributed by atoms with E-state index in [4.69, 9.17) is 0 Å². The van der Waals surface area contributed by atoms with Crippen molar-refractivity contribution in [2.75, 3.05) is 0 Å². The molecule has 13 heavy (non-hydrogen) atoms. The molecule has 0 aromatic heterocycles. The average Bonchev–Trinajstić information content (AvgIpc) is 2.17. The fourth-order valence-electron chi connectivity index (χ4n) is 2.39. The van der Waals surface area contributed by atoms with E-state index in [2.05, 4.69) is 38.2 Å². The van der Waals surface area contributed by atoms with Gasteiger partial charge in [0.05, 0.1) is 0 Å². The zero-order valence-electron chi connectivity index (χ0n) is 8.59. The van der Waals surface area contributed by atoms with Crippen molar-refractivity contribution in [1.82, 2.24) is 0 Å². The van der Waals surface area contributed by atoms with Crippen LogP contribution in [0.5, 0.6) is 0 Å². The first-order valence-electron chi connectivity index (χ1n) is 5.34. The lowest BCUT2D eigenvalue weighted by atomic mass is 9.76.